The smallest absolute Gasteiger partial charge is 0.164 e. The SMILES string of the molecule is c1ccc(-c2ccc(-c3nc(-c4cccc(-c5ccc(-c6ccc(-c7cc(-c8ccccc8)nc(-c8cccc9c8C8(c%10ccccc%10-9)c9ccc%10ccccc%10c9Sc9c8ccc8ccccc98)n7)cc6)cc5)c4)nc(-c4cccc5c4C4(c6ccccc6-5)c5ccc6ccccc6c5Sc5c4ccc4ccccc54)n3)cc2)cc1. The van der Waals surface area contributed by atoms with Gasteiger partial charge in [0.05, 0.1) is 22.2 Å². The molecule has 20 aromatic rings. The number of aromatic nitrogens is 5. The zero-order valence-corrected chi connectivity index (χ0v) is 64.2. The Morgan fingerprint density at radius 2 is 0.466 bits per heavy atom. The van der Waals surface area contributed by atoms with Gasteiger partial charge >= 0.3 is 0 Å². The molecule has 2 aliphatic heterocycles. The average Bonchev–Trinajstić information content (AvgIpc) is 1.46. The lowest BCUT2D eigenvalue weighted by Crippen LogP contribution is -2.33. The highest BCUT2D eigenvalue weighted by atomic mass is 32.2. The van der Waals surface area contributed by atoms with Gasteiger partial charge in [0.2, 0.25) is 0 Å². The standard InChI is InChI=1S/C109H65N5S2/c1-3-22-66(23-4-1)67-50-54-77(55-51-67)104-112-105(114-107(113-104)89-41-21-39-87-85-37-16-18-43-91(85)109(99(87)89)94-62-58-73-26-9-13-34-82(73)102(94)116-103-83-35-14-10-27-74(83)59-63-95(103)109)79-31-19-30-78(64-79)70-46-44-68(45-47-70)69-48-52-76(53-49-69)97-65-96(75-28-5-2-6-29-75)110-106(111-97)88-40-20-38-86-84-36-15-17-42-90(84)108(98(86)88)92-60-56-71-24-7-11-32-80(71)100(92)115-101-81-33-12-8-25-72(81)57-61-93(101)108/h1-65H. The minimum absolute atomic E-state index is 0.589. The van der Waals surface area contributed by atoms with Gasteiger partial charge in [-0.1, -0.05) is 406 Å². The van der Waals surface area contributed by atoms with E-state index in [2.05, 4.69) is 394 Å². The van der Waals surface area contributed by atoms with Crippen molar-refractivity contribution in [2.45, 2.75) is 30.4 Å². The number of benzene rings is 18. The predicted octanol–water partition coefficient (Wildman–Crippen LogP) is 27.9. The lowest BCUT2D eigenvalue weighted by Gasteiger charge is -2.41. The van der Waals surface area contributed by atoms with Gasteiger partial charge in [-0.3, -0.25) is 0 Å². The fraction of sp³-hybridized carbons (Fsp3) is 0.0183. The Hall–Kier alpha value is -14.2. The third kappa shape index (κ3) is 10.0. The quantitative estimate of drug-likeness (QED) is 0.143. The van der Waals surface area contributed by atoms with E-state index >= 15 is 0 Å². The summed E-state index contributed by atoms with van der Waals surface area (Å²) in [4.78, 5) is 33.2. The van der Waals surface area contributed by atoms with E-state index in [0.717, 1.165) is 78.1 Å². The minimum Gasteiger partial charge on any atom is -0.228 e. The molecule has 2 spiro atoms. The van der Waals surface area contributed by atoms with Gasteiger partial charge in [0, 0.05) is 53.0 Å². The van der Waals surface area contributed by atoms with Crippen molar-refractivity contribution >= 4 is 66.6 Å². The van der Waals surface area contributed by atoms with Crippen molar-refractivity contribution in [3.8, 4) is 124 Å². The number of rotatable bonds is 9. The lowest BCUT2D eigenvalue weighted by atomic mass is 9.65. The van der Waals surface area contributed by atoms with E-state index in [-0.39, 0.29) is 0 Å². The van der Waals surface area contributed by atoms with Gasteiger partial charge in [0.1, 0.15) is 0 Å². The van der Waals surface area contributed by atoms with Gasteiger partial charge in [-0.25, -0.2) is 24.9 Å². The Morgan fingerprint density at radius 1 is 0.172 bits per heavy atom. The third-order valence-corrected chi connectivity index (χ3v) is 27.3. The normalized spacial score (nSPS) is 13.4. The number of hydrogen-bond donors (Lipinski definition) is 0. The monoisotopic (exact) mass is 1510 g/mol. The van der Waals surface area contributed by atoms with E-state index in [1.165, 1.54) is 129 Å². The maximum Gasteiger partial charge on any atom is 0.164 e. The molecule has 5 nitrogen and oxygen atoms in total. The van der Waals surface area contributed by atoms with Gasteiger partial charge in [0.15, 0.2) is 23.3 Å². The molecule has 0 N–H and O–H groups in total. The van der Waals surface area contributed by atoms with Crippen LogP contribution in [0.1, 0.15) is 44.5 Å². The molecule has 0 atom stereocenters. The van der Waals surface area contributed by atoms with E-state index in [0.29, 0.717) is 23.3 Å². The second-order valence-electron chi connectivity index (χ2n) is 30.7. The highest BCUT2D eigenvalue weighted by Gasteiger charge is 2.54. The molecule has 24 rings (SSSR count). The highest BCUT2D eigenvalue weighted by molar-refractivity contribution is 8.00. The summed E-state index contributed by atoms with van der Waals surface area (Å²) in [6.07, 6.45) is 0. The zero-order valence-electron chi connectivity index (χ0n) is 62.6. The van der Waals surface area contributed by atoms with Crippen LogP contribution in [0.5, 0.6) is 0 Å². The molecule has 2 aliphatic carbocycles. The van der Waals surface area contributed by atoms with E-state index in [1.54, 1.807) is 0 Å². The number of nitrogens with zero attached hydrogens (tertiary/aromatic N) is 5. The van der Waals surface area contributed by atoms with Crippen LogP contribution in [0, 0.1) is 0 Å². The molecule has 0 radical (unpaired) electrons. The molecule has 0 saturated carbocycles. The minimum atomic E-state index is -0.744. The molecule has 7 heteroatoms. The van der Waals surface area contributed by atoms with Crippen molar-refractivity contribution in [2.24, 2.45) is 0 Å². The Labute approximate surface area is 679 Å². The Balaban J connectivity index is 0.610. The molecule has 4 heterocycles. The first kappa shape index (κ1) is 66.4. The molecule has 0 saturated heterocycles. The molecule has 4 aliphatic rings. The van der Waals surface area contributed by atoms with Crippen LogP contribution in [0.15, 0.2) is 414 Å². The van der Waals surface area contributed by atoms with Crippen LogP contribution >= 0.6 is 23.5 Å². The topological polar surface area (TPSA) is 64.5 Å². The van der Waals surface area contributed by atoms with Crippen molar-refractivity contribution in [2.75, 3.05) is 0 Å². The van der Waals surface area contributed by atoms with E-state index < -0.39 is 10.8 Å². The summed E-state index contributed by atoms with van der Waals surface area (Å²) in [5.41, 5.74) is 27.4. The fourth-order valence-corrected chi connectivity index (χ4v) is 22.4. The van der Waals surface area contributed by atoms with E-state index in [9.17, 15) is 0 Å². The number of fused-ring (bicyclic) bond motifs is 26. The summed E-state index contributed by atoms with van der Waals surface area (Å²) in [7, 11) is 0. The summed E-state index contributed by atoms with van der Waals surface area (Å²) in [5.74, 6) is 2.48. The van der Waals surface area contributed by atoms with Crippen LogP contribution in [0.3, 0.4) is 0 Å². The Morgan fingerprint density at radius 3 is 0.914 bits per heavy atom. The largest absolute Gasteiger partial charge is 0.228 e. The molecular weight excluding hydrogens is 1440 g/mol. The molecule has 538 valence electrons. The van der Waals surface area contributed by atoms with Crippen LogP contribution in [0.25, 0.3) is 167 Å². The molecule has 0 unspecified atom stereocenters. The maximum absolute atomic E-state index is 5.70. The van der Waals surface area contributed by atoms with Crippen molar-refractivity contribution < 1.29 is 0 Å². The third-order valence-electron chi connectivity index (χ3n) is 24.7. The van der Waals surface area contributed by atoms with Crippen molar-refractivity contribution in [3.05, 3.63) is 439 Å². The molecule has 2 aromatic heterocycles. The summed E-state index contributed by atoms with van der Waals surface area (Å²) < 4.78 is 0. The van der Waals surface area contributed by atoms with Crippen molar-refractivity contribution in [3.63, 3.8) is 0 Å². The zero-order chi connectivity index (χ0) is 76.2. The molecule has 116 heavy (non-hydrogen) atoms. The van der Waals surface area contributed by atoms with Crippen LogP contribution < -0.4 is 0 Å². The van der Waals surface area contributed by atoms with E-state index in [4.69, 9.17) is 24.9 Å². The van der Waals surface area contributed by atoms with Gasteiger partial charge in [0.25, 0.3) is 0 Å². The van der Waals surface area contributed by atoms with Crippen LogP contribution in [-0.4, -0.2) is 24.9 Å². The molecule has 0 fully saturated rings. The number of hydrogen-bond acceptors (Lipinski definition) is 7. The van der Waals surface area contributed by atoms with Crippen molar-refractivity contribution in [1.29, 1.82) is 0 Å². The highest BCUT2D eigenvalue weighted by Crippen LogP contribution is 2.68. The Bertz CT molecular complexity index is 7340. The summed E-state index contributed by atoms with van der Waals surface area (Å²) in [5, 5.41) is 9.86. The summed E-state index contributed by atoms with van der Waals surface area (Å²) in [6.45, 7) is 0. The first-order valence-electron chi connectivity index (χ1n) is 39.6. The Kier molecular flexibility index (Phi) is 15.0. The molecule has 18 aromatic carbocycles. The first-order valence-corrected chi connectivity index (χ1v) is 41.2. The van der Waals surface area contributed by atoms with Crippen LogP contribution in [0.2, 0.25) is 0 Å². The van der Waals surface area contributed by atoms with E-state index in [1.807, 2.05) is 23.5 Å². The lowest BCUT2D eigenvalue weighted by molar-refractivity contribution is 0.729. The average molecular weight is 1510 g/mol. The second-order valence-corrected chi connectivity index (χ2v) is 32.8. The maximum atomic E-state index is 5.70. The molecule has 0 amide bonds. The molecular formula is C109H65N5S2. The van der Waals surface area contributed by atoms with Gasteiger partial charge < -0.3 is 0 Å². The van der Waals surface area contributed by atoms with Gasteiger partial charge in [-0.2, -0.15) is 0 Å². The predicted molar refractivity (Wildman–Crippen MR) is 477 cm³/mol. The molecule has 0 bridgehead atoms. The van der Waals surface area contributed by atoms with Gasteiger partial charge in [-0.15, -0.1) is 0 Å². The van der Waals surface area contributed by atoms with Crippen LogP contribution in [-0.2, 0) is 10.8 Å². The van der Waals surface area contributed by atoms with Crippen LogP contribution in [0.4, 0.5) is 0 Å². The van der Waals surface area contributed by atoms with Gasteiger partial charge in [-0.05, 0) is 155 Å². The second kappa shape index (κ2) is 26.2. The first-order chi connectivity index (χ1) is 57.5. The summed E-state index contributed by atoms with van der Waals surface area (Å²) in [6, 6.07) is 144. The fourth-order valence-electron chi connectivity index (χ4n) is 19.5. The van der Waals surface area contributed by atoms with Crippen molar-refractivity contribution in [1.82, 2.24) is 24.9 Å². The summed E-state index contributed by atoms with van der Waals surface area (Å²) >= 11 is 3.82.